The molecule has 1 aromatic rings. The van der Waals surface area contributed by atoms with Crippen molar-refractivity contribution in [2.75, 3.05) is 5.32 Å². The van der Waals surface area contributed by atoms with Crippen molar-refractivity contribution >= 4 is 29.1 Å². The Morgan fingerprint density at radius 2 is 1.81 bits per heavy atom. The highest BCUT2D eigenvalue weighted by molar-refractivity contribution is 6.30. The van der Waals surface area contributed by atoms with E-state index in [1.54, 1.807) is 24.3 Å². The fraction of sp³-hybridized carbons (Fsp3) is 0.500. The minimum absolute atomic E-state index is 0.0353. The molecule has 0 spiro atoms. The van der Waals surface area contributed by atoms with Crippen LogP contribution in [0.3, 0.4) is 0 Å². The van der Waals surface area contributed by atoms with Crippen molar-refractivity contribution < 1.29 is 9.59 Å². The first-order valence-electron chi connectivity index (χ1n) is 7.50. The van der Waals surface area contributed by atoms with Gasteiger partial charge in [0.1, 0.15) is 0 Å². The zero-order valence-corrected chi connectivity index (χ0v) is 12.5. The molecule has 2 atom stereocenters. The third-order valence-electron chi connectivity index (χ3n) is 4.26. The lowest BCUT2D eigenvalue weighted by molar-refractivity contribution is -0.125. The molecule has 2 saturated carbocycles. The van der Waals surface area contributed by atoms with Crippen LogP contribution in [0.5, 0.6) is 0 Å². The van der Waals surface area contributed by atoms with Crippen LogP contribution in [0.15, 0.2) is 24.3 Å². The summed E-state index contributed by atoms with van der Waals surface area (Å²) in [4.78, 5) is 24.2. The van der Waals surface area contributed by atoms with Crippen molar-refractivity contribution in [3.8, 4) is 0 Å². The minimum atomic E-state index is -0.203. The van der Waals surface area contributed by atoms with Crippen molar-refractivity contribution in [2.24, 2.45) is 11.8 Å². The molecule has 2 unspecified atom stereocenters. The van der Waals surface area contributed by atoms with Gasteiger partial charge in [-0.05, 0) is 37.5 Å². The maximum atomic E-state index is 12.1. The zero-order chi connectivity index (χ0) is 14.8. The third kappa shape index (κ3) is 3.56. The SMILES string of the molecule is O=C(Nc1cccc(Cl)c1)C1CC1C(=O)NC1CCCC1. The Bertz CT molecular complexity index is 555. The number of carbonyl (C=O) groups is 2. The first-order valence-corrected chi connectivity index (χ1v) is 7.88. The van der Waals surface area contributed by atoms with Crippen LogP contribution in [0, 0.1) is 11.8 Å². The minimum Gasteiger partial charge on any atom is -0.353 e. The Balaban J connectivity index is 1.50. The third-order valence-corrected chi connectivity index (χ3v) is 4.49. The Labute approximate surface area is 129 Å². The van der Waals surface area contributed by atoms with Gasteiger partial charge in [-0.15, -0.1) is 0 Å². The molecule has 21 heavy (non-hydrogen) atoms. The highest BCUT2D eigenvalue weighted by atomic mass is 35.5. The summed E-state index contributed by atoms with van der Waals surface area (Å²) in [5.74, 6) is -0.424. The normalized spacial score (nSPS) is 24.6. The number of benzene rings is 1. The average Bonchev–Trinajstić information content (AvgIpc) is 3.10. The predicted octanol–water partition coefficient (Wildman–Crippen LogP) is 2.97. The molecule has 2 fully saturated rings. The molecule has 0 bridgehead atoms. The van der Waals surface area contributed by atoms with Crippen molar-refractivity contribution in [1.29, 1.82) is 0 Å². The highest BCUT2D eigenvalue weighted by Crippen LogP contribution is 2.40. The van der Waals surface area contributed by atoms with Crippen LogP contribution >= 0.6 is 11.6 Å². The molecule has 2 aliphatic rings. The highest BCUT2D eigenvalue weighted by Gasteiger charge is 2.48. The Hall–Kier alpha value is -1.55. The maximum Gasteiger partial charge on any atom is 0.228 e. The summed E-state index contributed by atoms with van der Waals surface area (Å²) in [6, 6.07) is 7.35. The second-order valence-corrected chi connectivity index (χ2v) is 6.37. The van der Waals surface area contributed by atoms with Crippen LogP contribution in [0.25, 0.3) is 0 Å². The molecule has 2 amide bonds. The van der Waals surface area contributed by atoms with Crippen LogP contribution in [0.4, 0.5) is 5.69 Å². The van der Waals surface area contributed by atoms with Crippen molar-refractivity contribution in [3.05, 3.63) is 29.3 Å². The summed E-state index contributed by atoms with van der Waals surface area (Å²) >= 11 is 5.88. The zero-order valence-electron chi connectivity index (χ0n) is 11.8. The second kappa shape index (κ2) is 6.06. The van der Waals surface area contributed by atoms with E-state index < -0.39 is 0 Å². The van der Waals surface area contributed by atoms with Gasteiger partial charge in [-0.3, -0.25) is 9.59 Å². The van der Waals surface area contributed by atoms with Crippen LogP contribution in [-0.2, 0) is 9.59 Å². The average molecular weight is 307 g/mol. The van der Waals surface area contributed by atoms with Gasteiger partial charge in [0.05, 0.1) is 11.8 Å². The van der Waals surface area contributed by atoms with Crippen molar-refractivity contribution in [3.63, 3.8) is 0 Å². The fourth-order valence-corrected chi connectivity index (χ4v) is 3.14. The number of nitrogens with one attached hydrogen (secondary N) is 2. The standard InChI is InChI=1S/C16H19ClN2O2/c17-10-4-3-7-12(8-10)19-16(21)14-9-13(14)15(20)18-11-5-1-2-6-11/h3-4,7-8,11,13-14H,1-2,5-6,9H2,(H,18,20)(H,19,21). The summed E-state index contributed by atoms with van der Waals surface area (Å²) < 4.78 is 0. The van der Waals surface area contributed by atoms with Crippen LogP contribution in [0.1, 0.15) is 32.1 Å². The lowest BCUT2D eigenvalue weighted by atomic mass is 10.2. The summed E-state index contributed by atoms with van der Waals surface area (Å²) in [5, 5.41) is 6.46. The van der Waals surface area contributed by atoms with E-state index in [2.05, 4.69) is 10.6 Å². The molecule has 2 N–H and O–H groups in total. The lowest BCUT2D eigenvalue weighted by Gasteiger charge is -2.11. The summed E-state index contributed by atoms with van der Waals surface area (Å²) in [6.45, 7) is 0. The van der Waals surface area contributed by atoms with Crippen molar-refractivity contribution in [1.82, 2.24) is 5.32 Å². The fourth-order valence-electron chi connectivity index (χ4n) is 2.95. The van der Waals surface area contributed by atoms with Gasteiger partial charge >= 0.3 is 0 Å². The van der Waals surface area contributed by atoms with Gasteiger partial charge in [0.25, 0.3) is 0 Å². The van der Waals surface area contributed by atoms with E-state index in [0.717, 1.165) is 12.8 Å². The number of carbonyl (C=O) groups excluding carboxylic acids is 2. The molecular weight excluding hydrogens is 288 g/mol. The van der Waals surface area contributed by atoms with Crippen LogP contribution in [-0.4, -0.2) is 17.9 Å². The molecular formula is C16H19ClN2O2. The monoisotopic (exact) mass is 306 g/mol. The van der Waals surface area contributed by atoms with Gasteiger partial charge in [-0.25, -0.2) is 0 Å². The van der Waals surface area contributed by atoms with Gasteiger partial charge in [0, 0.05) is 16.8 Å². The number of rotatable bonds is 4. The van der Waals surface area contributed by atoms with E-state index >= 15 is 0 Å². The van der Waals surface area contributed by atoms with Gasteiger partial charge in [0.2, 0.25) is 11.8 Å². The molecule has 0 radical (unpaired) electrons. The molecule has 0 saturated heterocycles. The smallest absolute Gasteiger partial charge is 0.228 e. The molecule has 2 aliphatic carbocycles. The molecule has 4 nitrogen and oxygen atoms in total. The largest absolute Gasteiger partial charge is 0.353 e. The molecule has 1 aromatic carbocycles. The first-order chi connectivity index (χ1) is 10.1. The van der Waals surface area contributed by atoms with Gasteiger partial charge < -0.3 is 10.6 Å². The van der Waals surface area contributed by atoms with E-state index in [1.165, 1.54) is 12.8 Å². The van der Waals surface area contributed by atoms with Crippen LogP contribution < -0.4 is 10.6 Å². The predicted molar refractivity (Wildman–Crippen MR) is 82.1 cm³/mol. The van der Waals surface area contributed by atoms with Gasteiger partial charge in [0.15, 0.2) is 0 Å². The first kappa shape index (κ1) is 14.4. The molecule has 3 rings (SSSR count). The van der Waals surface area contributed by atoms with E-state index in [4.69, 9.17) is 11.6 Å². The topological polar surface area (TPSA) is 58.2 Å². The van der Waals surface area contributed by atoms with Crippen molar-refractivity contribution in [2.45, 2.75) is 38.1 Å². The number of anilines is 1. The Morgan fingerprint density at radius 3 is 2.52 bits per heavy atom. The number of amides is 2. The van der Waals surface area contributed by atoms with E-state index in [0.29, 0.717) is 23.2 Å². The van der Waals surface area contributed by atoms with Gasteiger partial charge in [-0.1, -0.05) is 30.5 Å². The van der Waals surface area contributed by atoms with E-state index in [1.807, 2.05) is 0 Å². The van der Waals surface area contributed by atoms with Gasteiger partial charge in [-0.2, -0.15) is 0 Å². The summed E-state index contributed by atoms with van der Waals surface area (Å²) in [5.41, 5.74) is 0.675. The summed E-state index contributed by atoms with van der Waals surface area (Å²) in [7, 11) is 0. The Kier molecular flexibility index (Phi) is 4.15. The lowest BCUT2D eigenvalue weighted by Crippen LogP contribution is -2.34. The van der Waals surface area contributed by atoms with Crippen LogP contribution in [0.2, 0.25) is 5.02 Å². The number of hydrogen-bond donors (Lipinski definition) is 2. The number of hydrogen-bond acceptors (Lipinski definition) is 2. The number of halogens is 1. The molecule has 0 heterocycles. The molecule has 5 heteroatoms. The molecule has 112 valence electrons. The summed E-state index contributed by atoms with van der Waals surface area (Å²) in [6.07, 6.45) is 5.16. The maximum absolute atomic E-state index is 12.1. The quantitative estimate of drug-likeness (QED) is 0.898. The molecule has 0 aliphatic heterocycles. The Morgan fingerprint density at radius 1 is 1.10 bits per heavy atom. The van der Waals surface area contributed by atoms with E-state index in [9.17, 15) is 9.59 Å². The molecule has 0 aromatic heterocycles. The van der Waals surface area contributed by atoms with E-state index in [-0.39, 0.29) is 23.7 Å². The second-order valence-electron chi connectivity index (χ2n) is 5.94.